The van der Waals surface area contributed by atoms with Crippen LogP contribution in [0, 0.1) is 5.82 Å². The standard InChI is InChI=1S/C23H17Cl2FN4O2/c24-12-4-9-15(17(25)10-12)21-20-18(2-1-3-19(20)31)29-22-16(11-27-30(21)22)23(32)28-14-7-5-13(26)6-8-14/h4-11,21,29H,1-3H2,(H,28,32). The van der Waals surface area contributed by atoms with E-state index in [0.29, 0.717) is 51.1 Å². The quantitative estimate of drug-likeness (QED) is 0.521. The summed E-state index contributed by atoms with van der Waals surface area (Å²) in [5.41, 5.74) is 2.80. The molecule has 2 heterocycles. The predicted molar refractivity (Wildman–Crippen MR) is 121 cm³/mol. The number of Topliss-reactive ketones (excluding diaryl/α,β-unsaturated/α-hetero) is 1. The van der Waals surface area contributed by atoms with Crippen molar-refractivity contribution >= 4 is 46.4 Å². The number of aromatic nitrogens is 2. The van der Waals surface area contributed by atoms with Crippen LogP contribution in [0.1, 0.15) is 41.2 Å². The number of nitrogens with zero attached hydrogens (tertiary/aromatic N) is 2. The summed E-state index contributed by atoms with van der Waals surface area (Å²) in [5, 5.41) is 11.3. The minimum absolute atomic E-state index is 0.0215. The molecular formula is C23H17Cl2FN4O2. The number of rotatable bonds is 3. The molecule has 2 aromatic carbocycles. The number of hydrogen-bond donors (Lipinski definition) is 2. The third-order valence-corrected chi connectivity index (χ3v) is 6.21. The van der Waals surface area contributed by atoms with Crippen LogP contribution in [0.5, 0.6) is 0 Å². The average molecular weight is 471 g/mol. The van der Waals surface area contributed by atoms with Crippen molar-refractivity contribution in [2.24, 2.45) is 0 Å². The molecule has 1 aliphatic heterocycles. The zero-order valence-electron chi connectivity index (χ0n) is 16.7. The smallest absolute Gasteiger partial charge is 0.261 e. The first-order valence-corrected chi connectivity index (χ1v) is 10.8. The zero-order valence-corrected chi connectivity index (χ0v) is 18.2. The number of nitrogens with one attached hydrogen (secondary N) is 2. The average Bonchev–Trinajstić information content (AvgIpc) is 3.18. The fourth-order valence-electron chi connectivity index (χ4n) is 4.17. The molecule has 0 radical (unpaired) electrons. The second kappa shape index (κ2) is 8.07. The van der Waals surface area contributed by atoms with Crippen LogP contribution in [-0.4, -0.2) is 21.5 Å². The molecule has 5 rings (SSSR count). The van der Waals surface area contributed by atoms with Gasteiger partial charge < -0.3 is 10.6 Å². The Balaban J connectivity index is 1.59. The van der Waals surface area contributed by atoms with Gasteiger partial charge in [0.1, 0.15) is 23.2 Å². The van der Waals surface area contributed by atoms with Crippen LogP contribution in [-0.2, 0) is 4.79 Å². The number of amides is 1. The summed E-state index contributed by atoms with van der Waals surface area (Å²) in [6.45, 7) is 0. The molecule has 3 aromatic rings. The van der Waals surface area contributed by atoms with E-state index >= 15 is 0 Å². The number of carbonyl (C=O) groups is 2. The Labute approximate surface area is 193 Å². The molecule has 0 fully saturated rings. The molecule has 2 N–H and O–H groups in total. The van der Waals surface area contributed by atoms with Gasteiger partial charge in [-0.25, -0.2) is 9.07 Å². The fraction of sp³-hybridized carbons (Fsp3) is 0.174. The minimum atomic E-state index is -0.578. The lowest BCUT2D eigenvalue weighted by Crippen LogP contribution is -2.32. The molecule has 1 atom stereocenters. The van der Waals surface area contributed by atoms with Gasteiger partial charge in [-0.2, -0.15) is 5.10 Å². The molecule has 1 unspecified atom stereocenters. The van der Waals surface area contributed by atoms with Crippen molar-refractivity contribution in [1.29, 1.82) is 0 Å². The fourth-order valence-corrected chi connectivity index (χ4v) is 4.68. The summed E-state index contributed by atoms with van der Waals surface area (Å²) in [5.74, 6) is -0.309. The first-order valence-electron chi connectivity index (χ1n) is 10.0. The van der Waals surface area contributed by atoms with E-state index in [4.69, 9.17) is 23.2 Å². The molecular weight excluding hydrogens is 454 g/mol. The first kappa shape index (κ1) is 20.7. The summed E-state index contributed by atoms with van der Waals surface area (Å²) in [7, 11) is 0. The molecule has 32 heavy (non-hydrogen) atoms. The highest BCUT2D eigenvalue weighted by Crippen LogP contribution is 2.43. The lowest BCUT2D eigenvalue weighted by molar-refractivity contribution is -0.116. The van der Waals surface area contributed by atoms with Crippen molar-refractivity contribution in [2.75, 3.05) is 10.6 Å². The Hall–Kier alpha value is -3.16. The number of ketones is 1. The number of hydrogen-bond acceptors (Lipinski definition) is 4. The van der Waals surface area contributed by atoms with Gasteiger partial charge in [-0.1, -0.05) is 29.3 Å². The summed E-state index contributed by atoms with van der Waals surface area (Å²) in [6.07, 6.45) is 3.28. The molecule has 1 aromatic heterocycles. The molecule has 0 spiro atoms. The van der Waals surface area contributed by atoms with E-state index in [-0.39, 0.29) is 5.78 Å². The number of fused-ring (bicyclic) bond motifs is 1. The Bertz CT molecular complexity index is 1280. The molecule has 6 nitrogen and oxygen atoms in total. The molecule has 1 aliphatic carbocycles. The van der Waals surface area contributed by atoms with Gasteiger partial charge in [0.25, 0.3) is 5.91 Å². The van der Waals surface area contributed by atoms with Crippen molar-refractivity contribution in [3.8, 4) is 0 Å². The van der Waals surface area contributed by atoms with E-state index < -0.39 is 17.8 Å². The van der Waals surface area contributed by atoms with Crippen molar-refractivity contribution in [3.63, 3.8) is 0 Å². The molecule has 0 saturated carbocycles. The molecule has 0 bridgehead atoms. The monoisotopic (exact) mass is 470 g/mol. The second-order valence-electron chi connectivity index (χ2n) is 7.67. The van der Waals surface area contributed by atoms with E-state index in [1.54, 1.807) is 22.9 Å². The number of carbonyl (C=O) groups excluding carboxylic acids is 2. The first-order chi connectivity index (χ1) is 15.4. The van der Waals surface area contributed by atoms with Crippen molar-refractivity contribution in [3.05, 3.63) is 86.9 Å². The summed E-state index contributed by atoms with van der Waals surface area (Å²) < 4.78 is 14.8. The second-order valence-corrected chi connectivity index (χ2v) is 8.52. The lowest BCUT2D eigenvalue weighted by Gasteiger charge is -2.33. The maximum Gasteiger partial charge on any atom is 0.261 e. The third-order valence-electron chi connectivity index (χ3n) is 5.64. The van der Waals surface area contributed by atoms with Gasteiger partial charge in [-0.3, -0.25) is 9.59 Å². The Morgan fingerprint density at radius 1 is 1.16 bits per heavy atom. The van der Waals surface area contributed by atoms with Gasteiger partial charge in [0.2, 0.25) is 0 Å². The Morgan fingerprint density at radius 3 is 2.69 bits per heavy atom. The maximum atomic E-state index is 13.2. The molecule has 9 heteroatoms. The molecule has 1 amide bonds. The van der Waals surface area contributed by atoms with Gasteiger partial charge in [0.05, 0.1) is 6.20 Å². The molecule has 0 saturated heterocycles. The highest BCUT2D eigenvalue weighted by atomic mass is 35.5. The lowest BCUT2D eigenvalue weighted by atomic mass is 9.85. The van der Waals surface area contributed by atoms with E-state index in [1.165, 1.54) is 30.5 Å². The van der Waals surface area contributed by atoms with Gasteiger partial charge in [0, 0.05) is 39.0 Å². The highest BCUT2D eigenvalue weighted by Gasteiger charge is 2.38. The third kappa shape index (κ3) is 3.57. The topological polar surface area (TPSA) is 76.0 Å². The molecule has 2 aliphatic rings. The maximum absolute atomic E-state index is 13.2. The van der Waals surface area contributed by atoms with E-state index in [0.717, 1.165) is 12.1 Å². The number of benzene rings is 2. The minimum Gasteiger partial charge on any atom is -0.343 e. The van der Waals surface area contributed by atoms with E-state index in [1.807, 2.05) is 0 Å². The Morgan fingerprint density at radius 2 is 1.94 bits per heavy atom. The van der Waals surface area contributed by atoms with Gasteiger partial charge in [0.15, 0.2) is 5.78 Å². The molecule has 162 valence electrons. The summed E-state index contributed by atoms with van der Waals surface area (Å²) in [6, 6.07) is 10.0. The van der Waals surface area contributed by atoms with Crippen LogP contribution >= 0.6 is 23.2 Å². The van der Waals surface area contributed by atoms with Crippen molar-refractivity contribution in [1.82, 2.24) is 9.78 Å². The van der Waals surface area contributed by atoms with Gasteiger partial charge >= 0.3 is 0 Å². The number of allylic oxidation sites excluding steroid dienone is 2. The predicted octanol–water partition coefficient (Wildman–Crippen LogP) is 5.60. The van der Waals surface area contributed by atoms with Crippen molar-refractivity contribution in [2.45, 2.75) is 25.3 Å². The van der Waals surface area contributed by atoms with Crippen molar-refractivity contribution < 1.29 is 14.0 Å². The summed E-state index contributed by atoms with van der Waals surface area (Å²) >= 11 is 12.6. The largest absolute Gasteiger partial charge is 0.343 e. The van der Waals surface area contributed by atoms with Gasteiger partial charge in [-0.05, 0) is 49.2 Å². The van der Waals surface area contributed by atoms with Crippen LogP contribution in [0.4, 0.5) is 15.9 Å². The van der Waals surface area contributed by atoms with E-state index in [9.17, 15) is 14.0 Å². The SMILES string of the molecule is O=C1CCCC2=C1C(c1ccc(Cl)cc1Cl)n1ncc(C(=O)Nc3ccc(F)cc3)c1N2. The van der Waals surface area contributed by atoms with Crippen LogP contribution in [0.2, 0.25) is 10.0 Å². The van der Waals surface area contributed by atoms with Crippen LogP contribution in [0.3, 0.4) is 0 Å². The summed E-state index contributed by atoms with van der Waals surface area (Å²) in [4.78, 5) is 25.9. The van der Waals surface area contributed by atoms with Crippen LogP contribution < -0.4 is 10.6 Å². The number of halogens is 3. The Kier molecular flexibility index (Phi) is 5.23. The highest BCUT2D eigenvalue weighted by molar-refractivity contribution is 6.35. The number of anilines is 2. The van der Waals surface area contributed by atoms with Crippen LogP contribution in [0.15, 0.2) is 59.9 Å². The normalized spacial score (nSPS) is 17.5. The zero-order chi connectivity index (χ0) is 22.4. The van der Waals surface area contributed by atoms with E-state index in [2.05, 4.69) is 15.7 Å². The van der Waals surface area contributed by atoms with Gasteiger partial charge in [-0.15, -0.1) is 0 Å². The van der Waals surface area contributed by atoms with Crippen LogP contribution in [0.25, 0.3) is 0 Å².